The second-order valence-electron chi connectivity index (χ2n) is 6.18. The second-order valence-corrected chi connectivity index (χ2v) is 6.99. The Morgan fingerprint density at radius 2 is 1.79 bits per heavy atom. The Kier molecular flexibility index (Phi) is 12.4. The average Bonchev–Trinajstić information content (AvgIpc) is 2.65. The van der Waals surface area contributed by atoms with Crippen LogP contribution in [-0.4, -0.2) is 24.9 Å². The number of ether oxygens (including phenoxy) is 2. The molecule has 2 N–H and O–H groups in total. The van der Waals surface area contributed by atoms with Gasteiger partial charge in [-0.1, -0.05) is 41.4 Å². The number of aliphatic hydroxyl groups is 1. The normalized spacial score (nSPS) is 10.4. The van der Waals surface area contributed by atoms with E-state index in [1.165, 1.54) is 0 Å². The van der Waals surface area contributed by atoms with Gasteiger partial charge in [0.25, 0.3) is 0 Å². The highest BCUT2D eigenvalue weighted by Gasteiger charge is 2.13. The van der Waals surface area contributed by atoms with Gasteiger partial charge in [-0.3, -0.25) is 0 Å². The number of halogens is 3. The first-order chi connectivity index (χ1) is 13.2. The molecule has 2 rings (SSSR count). The molecule has 0 radical (unpaired) electrons. The molecule has 0 saturated heterocycles. The van der Waals surface area contributed by atoms with E-state index in [0.717, 1.165) is 36.9 Å². The van der Waals surface area contributed by atoms with E-state index >= 15 is 0 Å². The van der Waals surface area contributed by atoms with Crippen molar-refractivity contribution in [1.29, 1.82) is 0 Å². The van der Waals surface area contributed by atoms with Crippen molar-refractivity contribution in [3.8, 4) is 11.5 Å². The number of benzene rings is 2. The Morgan fingerprint density at radius 1 is 1.00 bits per heavy atom. The quantitative estimate of drug-likeness (QED) is 0.412. The van der Waals surface area contributed by atoms with Crippen LogP contribution >= 0.6 is 35.6 Å². The van der Waals surface area contributed by atoms with Crippen molar-refractivity contribution >= 4 is 35.6 Å². The number of hydrogen-bond donors (Lipinski definition) is 2. The van der Waals surface area contributed by atoms with Crippen LogP contribution in [0.3, 0.4) is 0 Å². The summed E-state index contributed by atoms with van der Waals surface area (Å²) in [6.07, 6.45) is 2.90. The van der Waals surface area contributed by atoms with E-state index < -0.39 is 0 Å². The van der Waals surface area contributed by atoms with Crippen LogP contribution in [0.25, 0.3) is 0 Å². The summed E-state index contributed by atoms with van der Waals surface area (Å²) in [5, 5.41) is 13.4. The largest absolute Gasteiger partial charge is 0.490 e. The van der Waals surface area contributed by atoms with Crippen molar-refractivity contribution in [3.05, 3.63) is 57.6 Å². The molecule has 2 aromatic rings. The maximum absolute atomic E-state index is 8.80. The molecule has 0 aliphatic heterocycles. The van der Waals surface area contributed by atoms with Gasteiger partial charge in [0.1, 0.15) is 6.61 Å². The molecule has 0 saturated carbocycles. The summed E-state index contributed by atoms with van der Waals surface area (Å²) in [6, 6.07) is 11.4. The number of hydrogen-bond acceptors (Lipinski definition) is 4. The molecule has 7 heteroatoms. The third kappa shape index (κ3) is 8.06. The third-order valence-electron chi connectivity index (χ3n) is 4.04. The number of aliphatic hydroxyl groups excluding tert-OH is 1. The monoisotopic (exact) mass is 447 g/mol. The summed E-state index contributed by atoms with van der Waals surface area (Å²) >= 11 is 12.7. The predicted octanol–water partition coefficient (Wildman–Crippen LogP) is 5.65. The van der Waals surface area contributed by atoms with Crippen molar-refractivity contribution in [1.82, 2.24) is 5.32 Å². The van der Waals surface area contributed by atoms with Crippen LogP contribution in [0.1, 0.15) is 37.3 Å². The van der Waals surface area contributed by atoms with Crippen LogP contribution in [0.2, 0.25) is 10.0 Å². The highest BCUT2D eigenvalue weighted by Crippen LogP contribution is 2.37. The smallest absolute Gasteiger partial charge is 0.180 e. The summed E-state index contributed by atoms with van der Waals surface area (Å²) in [7, 11) is 0. The molecule has 0 amide bonds. The summed E-state index contributed by atoms with van der Waals surface area (Å²) in [5.41, 5.74) is 1.93. The lowest BCUT2D eigenvalue weighted by Gasteiger charge is -2.16. The minimum Gasteiger partial charge on any atom is -0.490 e. The van der Waals surface area contributed by atoms with Crippen molar-refractivity contribution < 1.29 is 14.6 Å². The molecule has 0 bridgehead atoms. The van der Waals surface area contributed by atoms with E-state index in [1.807, 2.05) is 43.3 Å². The molecule has 28 heavy (non-hydrogen) atoms. The van der Waals surface area contributed by atoms with Gasteiger partial charge in [0.05, 0.1) is 11.6 Å². The van der Waals surface area contributed by atoms with Gasteiger partial charge >= 0.3 is 0 Å². The summed E-state index contributed by atoms with van der Waals surface area (Å²) in [6.45, 7) is 4.62. The Labute approximate surface area is 183 Å². The Bertz CT molecular complexity index is 713. The first-order valence-corrected chi connectivity index (χ1v) is 10.0. The lowest BCUT2D eigenvalue weighted by molar-refractivity contribution is 0.269. The molecule has 0 unspecified atom stereocenters. The van der Waals surface area contributed by atoms with Gasteiger partial charge in [-0.05, 0) is 56.5 Å². The predicted molar refractivity (Wildman–Crippen MR) is 118 cm³/mol. The highest BCUT2D eigenvalue weighted by atomic mass is 35.5. The Morgan fingerprint density at radius 3 is 2.50 bits per heavy atom. The maximum atomic E-state index is 8.80. The lowest BCUT2D eigenvalue weighted by atomic mass is 10.2. The summed E-state index contributed by atoms with van der Waals surface area (Å²) < 4.78 is 11.7. The molecular formula is C21H28Cl3NO3. The lowest BCUT2D eigenvalue weighted by Crippen LogP contribution is -2.15. The fraction of sp³-hybridized carbons (Fsp3) is 0.429. The van der Waals surface area contributed by atoms with E-state index in [9.17, 15) is 0 Å². The molecule has 0 aliphatic carbocycles. The minimum absolute atomic E-state index is 0. The van der Waals surface area contributed by atoms with E-state index in [1.54, 1.807) is 0 Å². The molecule has 4 nitrogen and oxygen atoms in total. The van der Waals surface area contributed by atoms with Crippen molar-refractivity contribution in [3.63, 3.8) is 0 Å². The van der Waals surface area contributed by atoms with Gasteiger partial charge < -0.3 is 19.9 Å². The van der Waals surface area contributed by atoms with E-state index in [0.29, 0.717) is 41.3 Å². The Balaban J connectivity index is 0.00000392. The number of nitrogens with one attached hydrogen (secondary N) is 1. The van der Waals surface area contributed by atoms with Gasteiger partial charge in [0.15, 0.2) is 11.5 Å². The van der Waals surface area contributed by atoms with Crippen molar-refractivity contribution in [2.45, 2.75) is 39.3 Å². The topological polar surface area (TPSA) is 50.7 Å². The fourth-order valence-electron chi connectivity index (χ4n) is 2.66. The molecule has 0 heterocycles. The Hall–Kier alpha value is -1.17. The molecule has 0 atom stereocenters. The first kappa shape index (κ1) is 24.9. The molecule has 156 valence electrons. The fourth-order valence-corrected chi connectivity index (χ4v) is 3.14. The summed E-state index contributed by atoms with van der Waals surface area (Å²) in [5.74, 6) is 1.17. The van der Waals surface area contributed by atoms with Crippen molar-refractivity contribution in [2.75, 3.05) is 19.8 Å². The van der Waals surface area contributed by atoms with Crippen LogP contribution in [-0.2, 0) is 13.2 Å². The van der Waals surface area contributed by atoms with Crippen LogP contribution < -0.4 is 14.8 Å². The zero-order valence-electron chi connectivity index (χ0n) is 16.0. The zero-order chi connectivity index (χ0) is 19.5. The summed E-state index contributed by atoms with van der Waals surface area (Å²) in [4.78, 5) is 0. The van der Waals surface area contributed by atoms with Gasteiger partial charge in [-0.25, -0.2) is 0 Å². The zero-order valence-corrected chi connectivity index (χ0v) is 18.4. The number of rotatable bonds is 12. The van der Waals surface area contributed by atoms with Crippen LogP contribution in [0.4, 0.5) is 0 Å². The third-order valence-corrected chi connectivity index (χ3v) is 4.69. The van der Waals surface area contributed by atoms with Gasteiger partial charge in [-0.15, -0.1) is 12.4 Å². The molecule has 0 spiro atoms. The average molecular weight is 449 g/mol. The molecular weight excluding hydrogens is 421 g/mol. The standard InChI is InChI=1S/C21H27Cl2NO3.ClH/c1-2-26-20-13-16(14-24-10-6-3-7-11-25)12-19(23)21(20)27-15-17-8-4-5-9-18(17)22;/h4-5,8-9,12-13,24-25H,2-3,6-7,10-11,14-15H2,1H3;1H. The SMILES string of the molecule is CCOc1cc(CNCCCCCO)cc(Cl)c1OCc1ccccc1Cl.Cl. The maximum Gasteiger partial charge on any atom is 0.180 e. The molecule has 0 fully saturated rings. The molecule has 2 aromatic carbocycles. The van der Waals surface area contributed by atoms with E-state index in [4.69, 9.17) is 37.8 Å². The van der Waals surface area contributed by atoms with Crippen LogP contribution in [0.15, 0.2) is 36.4 Å². The van der Waals surface area contributed by atoms with Crippen LogP contribution in [0, 0.1) is 0 Å². The van der Waals surface area contributed by atoms with E-state index in [2.05, 4.69) is 5.32 Å². The van der Waals surface area contributed by atoms with Crippen molar-refractivity contribution in [2.24, 2.45) is 0 Å². The van der Waals surface area contributed by atoms with E-state index in [-0.39, 0.29) is 19.0 Å². The highest BCUT2D eigenvalue weighted by molar-refractivity contribution is 6.32. The molecule has 0 aromatic heterocycles. The van der Waals surface area contributed by atoms with Crippen LogP contribution in [0.5, 0.6) is 11.5 Å². The first-order valence-electron chi connectivity index (χ1n) is 9.28. The second kappa shape index (κ2) is 13.9. The molecule has 0 aliphatic rings. The van der Waals surface area contributed by atoms with Gasteiger partial charge in [-0.2, -0.15) is 0 Å². The van der Waals surface area contributed by atoms with Gasteiger partial charge in [0, 0.05) is 23.7 Å². The van der Waals surface area contributed by atoms with Gasteiger partial charge in [0.2, 0.25) is 0 Å². The number of unbranched alkanes of at least 4 members (excludes halogenated alkanes) is 2. The minimum atomic E-state index is 0.